The lowest BCUT2D eigenvalue weighted by molar-refractivity contribution is -0.137. The Morgan fingerprint density at radius 2 is 1.68 bits per heavy atom. The predicted octanol–water partition coefficient (Wildman–Crippen LogP) is 3.88. The molecule has 0 radical (unpaired) electrons. The minimum absolute atomic E-state index is 0.0171. The Bertz CT molecular complexity index is 1270. The second kappa shape index (κ2) is 7.56. The zero-order chi connectivity index (χ0) is 21.4. The number of carbonyl (C=O) groups excluding carboxylic acids is 1. The fraction of sp³-hybridized carbons (Fsp3) is 0.130. The van der Waals surface area contributed by atoms with Crippen LogP contribution in [0.2, 0.25) is 0 Å². The molecule has 8 nitrogen and oxygen atoms in total. The summed E-state index contributed by atoms with van der Waals surface area (Å²) >= 11 is 0. The van der Waals surface area contributed by atoms with E-state index in [1.54, 1.807) is 18.2 Å². The van der Waals surface area contributed by atoms with Gasteiger partial charge in [0.25, 0.3) is 0 Å². The molecule has 0 aliphatic heterocycles. The highest BCUT2D eigenvalue weighted by molar-refractivity contribution is 5.89. The summed E-state index contributed by atoms with van der Waals surface area (Å²) in [6, 6.07) is 21.2. The van der Waals surface area contributed by atoms with E-state index in [9.17, 15) is 9.59 Å². The Morgan fingerprint density at radius 1 is 1.00 bits per heavy atom. The number of carboxylic acid groups (broad SMARTS) is 1. The highest BCUT2D eigenvalue weighted by Gasteiger charge is 2.29. The summed E-state index contributed by atoms with van der Waals surface area (Å²) in [6.07, 6.45) is -0.570. The first kappa shape index (κ1) is 18.8. The maximum Gasteiger partial charge on any atom is 0.411 e. The number of anilines is 1. The second-order valence-corrected chi connectivity index (χ2v) is 7.29. The van der Waals surface area contributed by atoms with Crippen LogP contribution >= 0.6 is 0 Å². The first-order chi connectivity index (χ1) is 15.1. The van der Waals surface area contributed by atoms with Gasteiger partial charge in [0.2, 0.25) is 0 Å². The number of benzene rings is 3. The highest BCUT2D eigenvalue weighted by atomic mass is 16.5. The summed E-state index contributed by atoms with van der Waals surface area (Å²) in [6.45, 7) is -0.0629. The number of aliphatic carboxylic acids is 1. The van der Waals surface area contributed by atoms with E-state index in [1.165, 1.54) is 15.8 Å². The van der Waals surface area contributed by atoms with Crippen molar-refractivity contribution in [2.75, 3.05) is 11.9 Å². The van der Waals surface area contributed by atoms with E-state index < -0.39 is 12.1 Å². The fourth-order valence-electron chi connectivity index (χ4n) is 4.05. The SMILES string of the molecule is O=C(O)Cn1nnc2cc(NC(=O)OCC3c4ccccc4-c4ccccc43)ccc21. The molecule has 154 valence electrons. The van der Waals surface area contributed by atoms with Gasteiger partial charge in [-0.25, -0.2) is 9.48 Å². The van der Waals surface area contributed by atoms with Crippen molar-refractivity contribution < 1.29 is 19.4 Å². The van der Waals surface area contributed by atoms with Crippen LogP contribution in [0.1, 0.15) is 17.0 Å². The van der Waals surface area contributed by atoms with E-state index >= 15 is 0 Å². The molecule has 3 aromatic carbocycles. The van der Waals surface area contributed by atoms with Gasteiger partial charge in [0, 0.05) is 11.6 Å². The fourth-order valence-corrected chi connectivity index (χ4v) is 4.05. The van der Waals surface area contributed by atoms with Gasteiger partial charge in [0.1, 0.15) is 18.7 Å². The van der Waals surface area contributed by atoms with E-state index in [0.717, 1.165) is 11.1 Å². The van der Waals surface area contributed by atoms with Crippen molar-refractivity contribution in [1.82, 2.24) is 15.0 Å². The third-order valence-electron chi connectivity index (χ3n) is 5.39. The smallest absolute Gasteiger partial charge is 0.411 e. The number of amides is 1. The Balaban J connectivity index is 1.29. The molecular formula is C23H18N4O4. The topological polar surface area (TPSA) is 106 Å². The normalized spacial score (nSPS) is 12.4. The standard InChI is InChI=1S/C23H18N4O4/c28-22(29)12-27-21-10-9-14(11-20(21)25-26-27)24-23(30)31-13-19-17-7-3-1-5-15(17)16-6-2-4-8-18(16)19/h1-11,19H,12-13H2,(H,24,30)(H,28,29). The average Bonchev–Trinajstić information content (AvgIpc) is 3.30. The molecule has 2 N–H and O–H groups in total. The second-order valence-electron chi connectivity index (χ2n) is 7.29. The van der Waals surface area contributed by atoms with Crippen LogP contribution in [0.25, 0.3) is 22.2 Å². The number of carboxylic acids is 1. The van der Waals surface area contributed by atoms with Crippen LogP contribution < -0.4 is 5.32 Å². The average molecular weight is 414 g/mol. The van der Waals surface area contributed by atoms with E-state index in [0.29, 0.717) is 16.7 Å². The third kappa shape index (κ3) is 3.48. The minimum Gasteiger partial charge on any atom is -0.480 e. The van der Waals surface area contributed by atoms with Gasteiger partial charge in [-0.2, -0.15) is 0 Å². The molecule has 0 saturated carbocycles. The van der Waals surface area contributed by atoms with Gasteiger partial charge in [-0.1, -0.05) is 53.7 Å². The van der Waals surface area contributed by atoms with E-state index in [1.807, 2.05) is 24.3 Å². The number of aromatic nitrogens is 3. The van der Waals surface area contributed by atoms with Crippen LogP contribution in [0.3, 0.4) is 0 Å². The van der Waals surface area contributed by atoms with Crippen LogP contribution in [0.5, 0.6) is 0 Å². The summed E-state index contributed by atoms with van der Waals surface area (Å²) < 4.78 is 6.83. The summed E-state index contributed by atoms with van der Waals surface area (Å²) in [5, 5.41) is 19.4. The number of fused-ring (bicyclic) bond motifs is 4. The number of hydrogen-bond donors (Lipinski definition) is 2. The lowest BCUT2D eigenvalue weighted by Gasteiger charge is -2.14. The van der Waals surface area contributed by atoms with Crippen molar-refractivity contribution in [3.05, 3.63) is 77.9 Å². The van der Waals surface area contributed by atoms with Crippen molar-refractivity contribution in [1.29, 1.82) is 0 Å². The van der Waals surface area contributed by atoms with Crippen molar-refractivity contribution in [2.45, 2.75) is 12.5 Å². The molecule has 1 aliphatic carbocycles. The number of rotatable bonds is 5. The first-order valence-electron chi connectivity index (χ1n) is 9.77. The molecule has 5 rings (SSSR count). The van der Waals surface area contributed by atoms with Gasteiger partial charge in [-0.15, -0.1) is 5.10 Å². The van der Waals surface area contributed by atoms with Crippen LogP contribution in [0.4, 0.5) is 10.5 Å². The number of hydrogen-bond acceptors (Lipinski definition) is 5. The van der Waals surface area contributed by atoms with Gasteiger partial charge in [0.15, 0.2) is 0 Å². The van der Waals surface area contributed by atoms with Crippen molar-refractivity contribution >= 4 is 28.8 Å². The molecule has 0 atom stereocenters. The zero-order valence-corrected chi connectivity index (χ0v) is 16.4. The van der Waals surface area contributed by atoms with Gasteiger partial charge < -0.3 is 9.84 Å². The van der Waals surface area contributed by atoms with Gasteiger partial charge in [-0.05, 0) is 40.5 Å². The van der Waals surface area contributed by atoms with Crippen molar-refractivity contribution in [3.8, 4) is 11.1 Å². The van der Waals surface area contributed by atoms with E-state index in [-0.39, 0.29) is 19.1 Å². The number of nitrogens with one attached hydrogen (secondary N) is 1. The molecule has 31 heavy (non-hydrogen) atoms. The molecule has 8 heteroatoms. The molecule has 1 aliphatic rings. The van der Waals surface area contributed by atoms with Crippen LogP contribution in [0, 0.1) is 0 Å². The summed E-state index contributed by atoms with van der Waals surface area (Å²) in [5.74, 6) is -1.02. The molecule has 1 amide bonds. The highest BCUT2D eigenvalue weighted by Crippen LogP contribution is 2.44. The molecule has 4 aromatic rings. The Morgan fingerprint density at radius 3 is 2.35 bits per heavy atom. The van der Waals surface area contributed by atoms with Crippen LogP contribution in [-0.4, -0.2) is 38.8 Å². The van der Waals surface area contributed by atoms with Gasteiger partial charge in [-0.3, -0.25) is 10.1 Å². The Hall–Kier alpha value is -4.20. The summed E-state index contributed by atoms with van der Waals surface area (Å²) in [7, 11) is 0. The molecule has 0 spiro atoms. The van der Waals surface area contributed by atoms with Gasteiger partial charge >= 0.3 is 12.1 Å². The molecule has 0 saturated heterocycles. The number of carbonyl (C=O) groups is 2. The molecule has 0 bridgehead atoms. The first-order valence-corrected chi connectivity index (χ1v) is 9.77. The number of ether oxygens (including phenoxy) is 1. The third-order valence-corrected chi connectivity index (χ3v) is 5.39. The Kier molecular flexibility index (Phi) is 4.59. The zero-order valence-electron chi connectivity index (χ0n) is 16.4. The Labute approximate surface area is 177 Å². The molecule has 1 aromatic heterocycles. The molecular weight excluding hydrogens is 396 g/mol. The molecule has 0 unspecified atom stereocenters. The monoisotopic (exact) mass is 414 g/mol. The quantitative estimate of drug-likeness (QED) is 0.513. The van der Waals surface area contributed by atoms with Crippen molar-refractivity contribution in [3.63, 3.8) is 0 Å². The lowest BCUT2D eigenvalue weighted by Crippen LogP contribution is -2.17. The van der Waals surface area contributed by atoms with E-state index in [4.69, 9.17) is 9.84 Å². The van der Waals surface area contributed by atoms with E-state index in [2.05, 4.69) is 39.9 Å². The predicted molar refractivity (Wildman–Crippen MR) is 114 cm³/mol. The maximum atomic E-state index is 12.4. The van der Waals surface area contributed by atoms with Gasteiger partial charge in [0.05, 0.1) is 5.52 Å². The molecule has 0 fully saturated rings. The summed E-state index contributed by atoms with van der Waals surface area (Å²) in [4.78, 5) is 23.3. The summed E-state index contributed by atoms with van der Waals surface area (Å²) in [5.41, 5.74) is 6.18. The minimum atomic E-state index is -1.01. The lowest BCUT2D eigenvalue weighted by atomic mass is 9.98. The van der Waals surface area contributed by atoms with Crippen molar-refractivity contribution in [2.24, 2.45) is 0 Å². The molecule has 1 heterocycles. The van der Waals surface area contributed by atoms with Crippen LogP contribution in [-0.2, 0) is 16.1 Å². The van der Waals surface area contributed by atoms with Crippen LogP contribution in [0.15, 0.2) is 66.7 Å². The largest absolute Gasteiger partial charge is 0.480 e. The maximum absolute atomic E-state index is 12.4. The number of nitrogens with zero attached hydrogens (tertiary/aromatic N) is 3.